The summed E-state index contributed by atoms with van der Waals surface area (Å²) in [5, 5.41) is 8.93. The minimum Gasteiger partial charge on any atom is -0.482 e. The van der Waals surface area contributed by atoms with E-state index in [1.165, 1.54) is 4.90 Å². The van der Waals surface area contributed by atoms with Crippen molar-refractivity contribution in [1.82, 2.24) is 0 Å². The van der Waals surface area contributed by atoms with Crippen LogP contribution in [0.4, 0.5) is 16.2 Å². The van der Waals surface area contributed by atoms with Crippen LogP contribution in [-0.4, -0.2) is 23.8 Å². The maximum Gasteiger partial charge on any atom is 0.419 e. The van der Waals surface area contributed by atoms with Crippen LogP contribution >= 0.6 is 0 Å². The molecule has 160 valence electrons. The van der Waals surface area contributed by atoms with Crippen LogP contribution in [0.15, 0.2) is 78.9 Å². The number of amides is 1. The number of benzene rings is 3. The Morgan fingerprint density at radius 2 is 1.45 bits per heavy atom. The fourth-order valence-corrected chi connectivity index (χ4v) is 3.35. The van der Waals surface area contributed by atoms with Crippen LogP contribution < -0.4 is 9.64 Å². The van der Waals surface area contributed by atoms with E-state index < -0.39 is 18.7 Å². The minimum atomic E-state index is -1.05. The number of hydrogen-bond donors (Lipinski definition) is 1. The van der Waals surface area contributed by atoms with Gasteiger partial charge in [0.1, 0.15) is 12.4 Å². The summed E-state index contributed by atoms with van der Waals surface area (Å²) in [6.07, 6.45) is -0.510. The molecule has 3 rings (SSSR count). The monoisotopic (exact) mass is 419 g/mol. The summed E-state index contributed by atoms with van der Waals surface area (Å²) in [4.78, 5) is 25.5. The Balaban J connectivity index is 1.84. The predicted molar refractivity (Wildman–Crippen MR) is 119 cm³/mol. The first-order valence-electron chi connectivity index (χ1n) is 10.0. The standard InChI is InChI=1S/C25H25NO5/c1-18(2)24-19(10-9-15-22(24)30-17-23(27)28)16-31-25(29)26(20-11-5-3-6-12-20)21-13-7-4-8-14-21/h3-15,18H,16-17H2,1-2H3,(H,27,28). The van der Waals surface area contributed by atoms with Gasteiger partial charge in [-0.15, -0.1) is 0 Å². The van der Waals surface area contributed by atoms with Crippen molar-refractivity contribution in [3.63, 3.8) is 0 Å². The van der Waals surface area contributed by atoms with E-state index in [-0.39, 0.29) is 12.5 Å². The first-order valence-corrected chi connectivity index (χ1v) is 10.0. The molecule has 1 amide bonds. The van der Waals surface area contributed by atoms with Gasteiger partial charge in [-0.05, 0) is 41.8 Å². The van der Waals surface area contributed by atoms with Gasteiger partial charge in [0.05, 0.1) is 11.4 Å². The number of nitrogens with zero attached hydrogens (tertiary/aromatic N) is 1. The van der Waals surface area contributed by atoms with Gasteiger partial charge in [-0.3, -0.25) is 0 Å². The van der Waals surface area contributed by atoms with Crippen molar-refractivity contribution in [3.05, 3.63) is 90.0 Å². The zero-order valence-electron chi connectivity index (χ0n) is 17.5. The van der Waals surface area contributed by atoms with E-state index in [2.05, 4.69) is 0 Å². The van der Waals surface area contributed by atoms with Crippen molar-refractivity contribution >= 4 is 23.4 Å². The first kappa shape index (κ1) is 21.9. The zero-order chi connectivity index (χ0) is 22.2. The first-order chi connectivity index (χ1) is 15.0. The lowest BCUT2D eigenvalue weighted by molar-refractivity contribution is -0.139. The number of hydrogen-bond acceptors (Lipinski definition) is 4. The molecule has 0 fully saturated rings. The summed E-state index contributed by atoms with van der Waals surface area (Å²) >= 11 is 0. The number of ether oxygens (including phenoxy) is 2. The molecule has 0 aliphatic heterocycles. The number of carboxylic acid groups (broad SMARTS) is 1. The fraction of sp³-hybridized carbons (Fsp3) is 0.200. The molecule has 0 spiro atoms. The lowest BCUT2D eigenvalue weighted by Gasteiger charge is -2.23. The van der Waals surface area contributed by atoms with Crippen molar-refractivity contribution in [1.29, 1.82) is 0 Å². The number of carbonyl (C=O) groups is 2. The normalized spacial score (nSPS) is 10.5. The number of aliphatic carboxylic acids is 1. The maximum absolute atomic E-state index is 13.1. The van der Waals surface area contributed by atoms with E-state index in [0.29, 0.717) is 17.1 Å². The van der Waals surface area contributed by atoms with Crippen LogP contribution in [0.25, 0.3) is 0 Å². The number of rotatable bonds is 8. The van der Waals surface area contributed by atoms with Gasteiger partial charge in [-0.25, -0.2) is 14.5 Å². The Labute approximate surface area is 181 Å². The SMILES string of the molecule is CC(C)c1c(COC(=O)N(c2ccccc2)c2ccccc2)cccc1OCC(=O)O. The van der Waals surface area contributed by atoms with E-state index in [9.17, 15) is 9.59 Å². The summed E-state index contributed by atoms with van der Waals surface area (Å²) in [5.74, 6) is -0.514. The topological polar surface area (TPSA) is 76.1 Å². The van der Waals surface area contributed by atoms with Gasteiger partial charge in [0.15, 0.2) is 6.61 Å². The molecular weight excluding hydrogens is 394 g/mol. The molecule has 0 heterocycles. The molecule has 6 heteroatoms. The average molecular weight is 419 g/mol. The van der Waals surface area contributed by atoms with Gasteiger partial charge in [-0.1, -0.05) is 62.4 Å². The largest absolute Gasteiger partial charge is 0.482 e. The number of para-hydroxylation sites is 2. The third-order valence-electron chi connectivity index (χ3n) is 4.65. The highest BCUT2D eigenvalue weighted by molar-refractivity contribution is 5.95. The Kier molecular flexibility index (Phi) is 7.27. The maximum atomic E-state index is 13.1. The van der Waals surface area contributed by atoms with Gasteiger partial charge >= 0.3 is 12.1 Å². The van der Waals surface area contributed by atoms with Gasteiger partial charge < -0.3 is 14.6 Å². The molecule has 0 saturated carbocycles. The molecule has 6 nitrogen and oxygen atoms in total. The fourth-order valence-electron chi connectivity index (χ4n) is 3.35. The lowest BCUT2D eigenvalue weighted by atomic mass is 9.96. The van der Waals surface area contributed by atoms with Gasteiger partial charge in [0.2, 0.25) is 0 Å². The highest BCUT2D eigenvalue weighted by Crippen LogP contribution is 2.31. The molecule has 0 aromatic heterocycles. The Morgan fingerprint density at radius 3 is 1.97 bits per heavy atom. The molecule has 3 aromatic rings. The molecule has 0 aliphatic carbocycles. The molecule has 0 atom stereocenters. The Morgan fingerprint density at radius 1 is 0.871 bits per heavy atom. The van der Waals surface area contributed by atoms with Gasteiger partial charge in [-0.2, -0.15) is 0 Å². The zero-order valence-corrected chi connectivity index (χ0v) is 17.5. The third-order valence-corrected chi connectivity index (χ3v) is 4.65. The summed E-state index contributed by atoms with van der Waals surface area (Å²) in [6.45, 7) is 3.56. The smallest absolute Gasteiger partial charge is 0.419 e. The van der Waals surface area contributed by atoms with E-state index >= 15 is 0 Å². The van der Waals surface area contributed by atoms with Crippen LogP contribution in [-0.2, 0) is 16.1 Å². The molecule has 0 bridgehead atoms. The van der Waals surface area contributed by atoms with Crippen molar-refractivity contribution in [2.45, 2.75) is 26.4 Å². The van der Waals surface area contributed by atoms with Crippen molar-refractivity contribution < 1.29 is 24.2 Å². The highest BCUT2D eigenvalue weighted by atomic mass is 16.6. The molecule has 3 aromatic carbocycles. The highest BCUT2D eigenvalue weighted by Gasteiger charge is 2.21. The summed E-state index contributed by atoms with van der Waals surface area (Å²) in [7, 11) is 0. The second-order valence-electron chi connectivity index (χ2n) is 7.23. The average Bonchev–Trinajstić information content (AvgIpc) is 2.77. The number of carboxylic acids is 1. The second kappa shape index (κ2) is 10.3. The minimum absolute atomic E-state index is 0.0345. The summed E-state index contributed by atoms with van der Waals surface area (Å²) in [5.41, 5.74) is 2.98. The van der Waals surface area contributed by atoms with E-state index in [1.807, 2.05) is 80.6 Å². The third kappa shape index (κ3) is 5.63. The summed E-state index contributed by atoms with van der Waals surface area (Å²) in [6, 6.07) is 23.9. The number of carbonyl (C=O) groups excluding carboxylic acids is 1. The summed E-state index contributed by atoms with van der Waals surface area (Å²) < 4.78 is 11.1. The molecule has 1 N–H and O–H groups in total. The number of anilines is 2. The molecule has 0 aliphatic rings. The van der Waals surface area contributed by atoms with Crippen LogP contribution in [0, 0.1) is 0 Å². The van der Waals surface area contributed by atoms with Gasteiger partial charge in [0, 0.05) is 5.56 Å². The molecule has 0 saturated heterocycles. The molecular formula is C25H25NO5. The quantitative estimate of drug-likeness (QED) is 0.503. The molecule has 0 radical (unpaired) electrons. The van der Waals surface area contributed by atoms with Crippen molar-refractivity contribution in [3.8, 4) is 5.75 Å². The Bertz CT molecular complexity index is 979. The van der Waals surface area contributed by atoms with Crippen molar-refractivity contribution in [2.75, 3.05) is 11.5 Å². The lowest BCUT2D eigenvalue weighted by Crippen LogP contribution is -2.26. The van der Waals surface area contributed by atoms with E-state index in [4.69, 9.17) is 14.6 Å². The second-order valence-corrected chi connectivity index (χ2v) is 7.23. The molecule has 0 unspecified atom stereocenters. The van der Waals surface area contributed by atoms with Crippen LogP contribution in [0.5, 0.6) is 5.75 Å². The Hall–Kier alpha value is -3.80. The van der Waals surface area contributed by atoms with Gasteiger partial charge in [0.25, 0.3) is 0 Å². The predicted octanol–water partition coefficient (Wildman–Crippen LogP) is 5.75. The van der Waals surface area contributed by atoms with E-state index in [1.54, 1.807) is 12.1 Å². The molecule has 31 heavy (non-hydrogen) atoms. The van der Waals surface area contributed by atoms with Crippen LogP contribution in [0.3, 0.4) is 0 Å². The van der Waals surface area contributed by atoms with Crippen LogP contribution in [0.2, 0.25) is 0 Å². The van der Waals surface area contributed by atoms with Crippen molar-refractivity contribution in [2.24, 2.45) is 0 Å². The van der Waals surface area contributed by atoms with E-state index in [0.717, 1.165) is 11.1 Å². The van der Waals surface area contributed by atoms with Crippen LogP contribution in [0.1, 0.15) is 30.9 Å².